The van der Waals surface area contributed by atoms with Crippen molar-refractivity contribution in [3.8, 4) is 0 Å². The van der Waals surface area contributed by atoms with Crippen molar-refractivity contribution in [1.29, 1.82) is 0 Å². The Kier molecular flexibility index (Phi) is 4.60. The summed E-state index contributed by atoms with van der Waals surface area (Å²) in [7, 11) is -3.09. The van der Waals surface area contributed by atoms with E-state index >= 15 is 0 Å². The first-order valence-electron chi connectivity index (χ1n) is 7.76. The zero-order valence-corrected chi connectivity index (χ0v) is 13.4. The second kappa shape index (κ2) is 6.63. The lowest BCUT2D eigenvalue weighted by molar-refractivity contribution is 0.486. The van der Waals surface area contributed by atoms with E-state index in [1.165, 1.54) is 5.56 Å². The van der Waals surface area contributed by atoms with Gasteiger partial charge in [0.15, 0.2) is 9.84 Å². The fourth-order valence-electron chi connectivity index (χ4n) is 3.02. The Bertz CT molecular complexity index is 726. The summed E-state index contributed by atoms with van der Waals surface area (Å²) in [6.45, 7) is 0.897. The van der Waals surface area contributed by atoms with Crippen LogP contribution in [0, 0.1) is 0 Å². The lowest BCUT2D eigenvalue weighted by Gasteiger charge is -2.26. The van der Waals surface area contributed by atoms with Gasteiger partial charge in [0.1, 0.15) is 0 Å². The van der Waals surface area contributed by atoms with E-state index in [9.17, 15) is 8.42 Å². The van der Waals surface area contributed by atoms with Crippen LogP contribution in [0.15, 0.2) is 59.5 Å². The van der Waals surface area contributed by atoms with Gasteiger partial charge in [-0.1, -0.05) is 48.5 Å². The van der Waals surface area contributed by atoms with Crippen molar-refractivity contribution in [2.45, 2.75) is 30.2 Å². The van der Waals surface area contributed by atoms with Crippen LogP contribution in [0.25, 0.3) is 0 Å². The van der Waals surface area contributed by atoms with Gasteiger partial charge in [-0.3, -0.25) is 0 Å². The molecule has 2 aromatic carbocycles. The summed E-state index contributed by atoms with van der Waals surface area (Å²) in [5.41, 5.74) is 2.27. The van der Waals surface area contributed by atoms with Gasteiger partial charge in [0.2, 0.25) is 0 Å². The smallest absolute Gasteiger partial charge is 0.178 e. The minimum atomic E-state index is -3.09. The van der Waals surface area contributed by atoms with Crippen LogP contribution in [0.1, 0.15) is 30.0 Å². The van der Waals surface area contributed by atoms with E-state index in [-0.39, 0.29) is 11.8 Å². The predicted molar refractivity (Wildman–Crippen MR) is 88.6 cm³/mol. The fraction of sp³-hybridized carbons (Fsp3) is 0.333. The van der Waals surface area contributed by atoms with Crippen LogP contribution in [0.5, 0.6) is 0 Å². The van der Waals surface area contributed by atoms with Gasteiger partial charge in [0.05, 0.1) is 10.6 Å². The first-order valence-corrected chi connectivity index (χ1v) is 9.41. The van der Waals surface area contributed by atoms with E-state index in [0.717, 1.165) is 24.9 Å². The van der Waals surface area contributed by atoms with Crippen molar-refractivity contribution in [3.63, 3.8) is 0 Å². The summed E-state index contributed by atoms with van der Waals surface area (Å²) in [6.07, 6.45) is 2.75. The van der Waals surface area contributed by atoms with Crippen LogP contribution in [0.2, 0.25) is 0 Å². The molecule has 0 unspecified atom stereocenters. The molecule has 0 amide bonds. The molecule has 0 aromatic heterocycles. The molecule has 0 saturated heterocycles. The molecule has 0 bridgehead atoms. The summed E-state index contributed by atoms with van der Waals surface area (Å²) in [4.78, 5) is 0.502. The average molecular weight is 315 g/mol. The molecular formula is C18H21NO2S. The Morgan fingerprint density at radius 3 is 2.55 bits per heavy atom. The third-order valence-electron chi connectivity index (χ3n) is 4.18. The highest BCUT2D eigenvalue weighted by Crippen LogP contribution is 2.31. The van der Waals surface area contributed by atoms with Crippen molar-refractivity contribution in [1.82, 2.24) is 5.32 Å². The maximum atomic E-state index is 12.1. The highest BCUT2D eigenvalue weighted by molar-refractivity contribution is 7.91. The first-order chi connectivity index (χ1) is 10.7. The number of nitrogens with one attached hydrogen (secondary N) is 1. The van der Waals surface area contributed by atoms with Gasteiger partial charge in [0, 0.05) is 6.04 Å². The highest BCUT2D eigenvalue weighted by atomic mass is 32.2. The summed E-state index contributed by atoms with van der Waals surface area (Å²) >= 11 is 0. The molecule has 2 aromatic rings. The monoisotopic (exact) mass is 315 g/mol. The largest absolute Gasteiger partial charge is 0.310 e. The van der Waals surface area contributed by atoms with Crippen molar-refractivity contribution in [2.24, 2.45) is 0 Å². The number of rotatable bonds is 5. The summed E-state index contributed by atoms with van der Waals surface area (Å²) < 4.78 is 24.2. The predicted octanol–water partition coefficient (Wildman–Crippen LogP) is 3.13. The maximum absolute atomic E-state index is 12.1. The zero-order valence-electron chi connectivity index (χ0n) is 12.5. The molecule has 3 nitrogen and oxygen atoms in total. The minimum absolute atomic E-state index is 0.149. The first kappa shape index (κ1) is 15.3. The van der Waals surface area contributed by atoms with Gasteiger partial charge in [-0.15, -0.1) is 0 Å². The number of sulfone groups is 1. The minimum Gasteiger partial charge on any atom is -0.310 e. The number of hydrogen-bond donors (Lipinski definition) is 1. The van der Waals surface area contributed by atoms with Crippen molar-refractivity contribution in [2.75, 3.05) is 12.3 Å². The average Bonchev–Trinajstić information content (AvgIpc) is 2.54. The lowest BCUT2D eigenvalue weighted by Crippen LogP contribution is -2.30. The molecule has 1 atom stereocenters. The highest BCUT2D eigenvalue weighted by Gasteiger charge is 2.29. The van der Waals surface area contributed by atoms with E-state index in [1.807, 2.05) is 18.2 Å². The van der Waals surface area contributed by atoms with Crippen LogP contribution >= 0.6 is 0 Å². The third kappa shape index (κ3) is 3.39. The van der Waals surface area contributed by atoms with Gasteiger partial charge in [-0.05, 0) is 43.0 Å². The third-order valence-corrected chi connectivity index (χ3v) is 6.00. The van der Waals surface area contributed by atoms with E-state index in [1.54, 1.807) is 12.1 Å². The van der Waals surface area contributed by atoms with Crippen molar-refractivity contribution >= 4 is 9.84 Å². The van der Waals surface area contributed by atoms with E-state index in [0.29, 0.717) is 11.3 Å². The number of benzene rings is 2. The van der Waals surface area contributed by atoms with Crippen molar-refractivity contribution < 1.29 is 8.42 Å². The fourth-order valence-corrected chi connectivity index (χ4v) is 4.64. The number of fused-ring (bicyclic) bond motifs is 1. The van der Waals surface area contributed by atoms with Crippen LogP contribution in [0.4, 0.5) is 0 Å². The molecule has 1 aliphatic rings. The molecule has 22 heavy (non-hydrogen) atoms. The van der Waals surface area contributed by atoms with E-state index < -0.39 is 9.84 Å². The van der Waals surface area contributed by atoms with Crippen LogP contribution in [-0.4, -0.2) is 20.7 Å². The quantitative estimate of drug-likeness (QED) is 0.862. The molecule has 4 heteroatoms. The molecule has 0 fully saturated rings. The molecule has 0 spiro atoms. The zero-order chi connectivity index (χ0) is 15.4. The summed E-state index contributed by atoms with van der Waals surface area (Å²) in [6, 6.07) is 18.0. The molecule has 0 radical (unpaired) electrons. The van der Waals surface area contributed by atoms with Crippen LogP contribution < -0.4 is 5.32 Å². The molecule has 1 N–H and O–H groups in total. The Labute approximate surface area is 132 Å². The topological polar surface area (TPSA) is 46.2 Å². The molecule has 116 valence electrons. The van der Waals surface area contributed by atoms with Crippen LogP contribution in [-0.2, 0) is 16.3 Å². The van der Waals surface area contributed by atoms with Gasteiger partial charge >= 0.3 is 0 Å². The van der Waals surface area contributed by atoms with E-state index in [4.69, 9.17) is 0 Å². The molecule has 1 aliphatic heterocycles. The normalized spacial score (nSPS) is 19.5. The standard InChI is InChI=1S/C18H21NO2S/c20-22(21)14-12-17(16-10-4-5-11-18(16)22)19-13-6-9-15-7-2-1-3-8-15/h1-5,7-8,10-11,17,19H,6,9,12-14H2/t17-/m0/s1. The Balaban J connectivity index is 1.60. The summed E-state index contributed by atoms with van der Waals surface area (Å²) in [5, 5.41) is 3.52. The lowest BCUT2D eigenvalue weighted by atomic mass is 10.0. The van der Waals surface area contributed by atoms with Gasteiger partial charge in [-0.25, -0.2) is 8.42 Å². The number of aryl methyl sites for hydroxylation is 1. The molecule has 1 heterocycles. The Hall–Kier alpha value is -1.65. The SMILES string of the molecule is O=S1(=O)CC[C@H](NCCCc2ccccc2)c2ccccc21. The molecule has 3 rings (SSSR count). The second-order valence-electron chi connectivity index (χ2n) is 5.74. The molecule has 0 saturated carbocycles. The number of hydrogen-bond acceptors (Lipinski definition) is 3. The van der Waals surface area contributed by atoms with Gasteiger partial charge < -0.3 is 5.32 Å². The Morgan fingerprint density at radius 2 is 1.73 bits per heavy atom. The Morgan fingerprint density at radius 1 is 1.00 bits per heavy atom. The molecule has 0 aliphatic carbocycles. The van der Waals surface area contributed by atoms with Crippen molar-refractivity contribution in [3.05, 3.63) is 65.7 Å². The van der Waals surface area contributed by atoms with Gasteiger partial charge in [-0.2, -0.15) is 0 Å². The van der Waals surface area contributed by atoms with Crippen LogP contribution in [0.3, 0.4) is 0 Å². The summed E-state index contributed by atoms with van der Waals surface area (Å²) in [5.74, 6) is 0.236. The maximum Gasteiger partial charge on any atom is 0.178 e. The van der Waals surface area contributed by atoms with E-state index in [2.05, 4.69) is 29.6 Å². The second-order valence-corrected chi connectivity index (χ2v) is 7.82. The molecular weight excluding hydrogens is 294 g/mol. The van der Waals surface area contributed by atoms with Gasteiger partial charge in [0.25, 0.3) is 0 Å².